The van der Waals surface area contributed by atoms with E-state index >= 15 is 0 Å². The van der Waals surface area contributed by atoms with Crippen LogP contribution in [-0.2, 0) is 4.79 Å². The Balaban J connectivity index is 1.63. The first kappa shape index (κ1) is 17.4. The summed E-state index contributed by atoms with van der Waals surface area (Å²) < 4.78 is 5.47. The monoisotopic (exact) mass is 339 g/mol. The third-order valence-electron chi connectivity index (χ3n) is 4.81. The van der Waals surface area contributed by atoms with E-state index < -0.39 is 0 Å². The van der Waals surface area contributed by atoms with Crippen LogP contribution < -0.4 is 0 Å². The van der Waals surface area contributed by atoms with Gasteiger partial charge in [-0.05, 0) is 30.9 Å². The van der Waals surface area contributed by atoms with E-state index in [0.717, 1.165) is 37.2 Å². The van der Waals surface area contributed by atoms with Gasteiger partial charge in [0.1, 0.15) is 0 Å². The largest absolute Gasteiger partial charge is 0.339 e. The van der Waals surface area contributed by atoms with Gasteiger partial charge in [-0.1, -0.05) is 49.3 Å². The molecule has 1 aromatic heterocycles. The van der Waals surface area contributed by atoms with Crippen molar-refractivity contribution in [2.75, 3.05) is 13.1 Å². The lowest BCUT2D eigenvalue weighted by molar-refractivity contribution is -0.127. The van der Waals surface area contributed by atoms with Crippen molar-refractivity contribution in [2.45, 2.75) is 44.9 Å². The lowest BCUT2D eigenvalue weighted by atomic mass is 9.97. The Morgan fingerprint density at radius 2 is 2.20 bits per heavy atom. The number of piperidine rings is 1. The Hall–Kier alpha value is -2.43. The average molecular weight is 339 g/mol. The molecule has 1 aromatic carbocycles. The molecule has 1 fully saturated rings. The van der Waals surface area contributed by atoms with Gasteiger partial charge in [0.25, 0.3) is 0 Å². The standard InChI is InChI=1S/C20H25N3O2/c1-3-15(2)19-21-20(25-22-19)17-10-7-13-23(14-17)18(24)12-11-16-8-5-4-6-9-16/h4-6,8-9,11-12,15,17H,3,7,10,13-14H2,1-2H3/b12-11+/t15-,17+/m1/s1. The molecule has 1 aliphatic heterocycles. The van der Waals surface area contributed by atoms with Crippen LogP contribution in [0.4, 0.5) is 0 Å². The zero-order chi connectivity index (χ0) is 17.6. The Morgan fingerprint density at radius 3 is 2.96 bits per heavy atom. The van der Waals surface area contributed by atoms with Gasteiger partial charge in [0.05, 0.1) is 5.92 Å². The Morgan fingerprint density at radius 1 is 1.40 bits per heavy atom. The van der Waals surface area contributed by atoms with Gasteiger partial charge in [-0.3, -0.25) is 4.79 Å². The molecule has 5 heteroatoms. The molecular formula is C20H25N3O2. The van der Waals surface area contributed by atoms with E-state index in [1.807, 2.05) is 41.3 Å². The molecule has 0 saturated carbocycles. The summed E-state index contributed by atoms with van der Waals surface area (Å²) in [5.41, 5.74) is 1.03. The van der Waals surface area contributed by atoms with Crippen LogP contribution >= 0.6 is 0 Å². The van der Waals surface area contributed by atoms with Crippen molar-refractivity contribution >= 4 is 12.0 Å². The van der Waals surface area contributed by atoms with Crippen LogP contribution in [0, 0.1) is 0 Å². The van der Waals surface area contributed by atoms with Crippen molar-refractivity contribution in [3.05, 3.63) is 53.7 Å². The number of hydrogen-bond acceptors (Lipinski definition) is 4. The van der Waals surface area contributed by atoms with Crippen molar-refractivity contribution in [1.29, 1.82) is 0 Å². The Bertz CT molecular complexity index is 724. The number of rotatable bonds is 5. The van der Waals surface area contributed by atoms with Gasteiger partial charge < -0.3 is 9.42 Å². The first-order valence-electron chi connectivity index (χ1n) is 9.03. The molecule has 1 saturated heterocycles. The quantitative estimate of drug-likeness (QED) is 0.773. The number of likely N-dealkylation sites (tertiary alicyclic amines) is 1. The molecule has 0 N–H and O–H groups in total. The summed E-state index contributed by atoms with van der Waals surface area (Å²) >= 11 is 0. The van der Waals surface area contributed by atoms with Crippen molar-refractivity contribution < 1.29 is 9.32 Å². The highest BCUT2D eigenvalue weighted by atomic mass is 16.5. The number of nitrogens with zero attached hydrogens (tertiary/aromatic N) is 3. The second-order valence-electron chi connectivity index (χ2n) is 6.67. The summed E-state index contributed by atoms with van der Waals surface area (Å²) in [6, 6.07) is 9.86. The van der Waals surface area contributed by atoms with E-state index in [-0.39, 0.29) is 11.8 Å². The molecule has 1 aliphatic rings. The SMILES string of the molecule is CC[C@@H](C)c1noc([C@H]2CCCN(C(=O)/C=C/c3ccccc3)C2)n1. The van der Waals surface area contributed by atoms with Crippen molar-refractivity contribution in [3.63, 3.8) is 0 Å². The van der Waals surface area contributed by atoms with E-state index in [9.17, 15) is 4.79 Å². The molecular weight excluding hydrogens is 314 g/mol. The zero-order valence-corrected chi connectivity index (χ0v) is 14.9. The van der Waals surface area contributed by atoms with E-state index in [4.69, 9.17) is 4.52 Å². The van der Waals surface area contributed by atoms with Crippen LogP contribution in [-0.4, -0.2) is 34.0 Å². The molecule has 132 valence electrons. The van der Waals surface area contributed by atoms with Crippen LogP contribution in [0.5, 0.6) is 0 Å². The summed E-state index contributed by atoms with van der Waals surface area (Å²) in [5.74, 6) is 1.90. The fourth-order valence-electron chi connectivity index (χ4n) is 3.01. The Kier molecular flexibility index (Phi) is 5.64. The van der Waals surface area contributed by atoms with Crippen molar-refractivity contribution in [3.8, 4) is 0 Å². The normalized spacial score (nSPS) is 19.3. The lowest BCUT2D eigenvalue weighted by Crippen LogP contribution is -2.38. The fraction of sp³-hybridized carbons (Fsp3) is 0.450. The predicted octanol–water partition coefficient (Wildman–Crippen LogP) is 4.00. The van der Waals surface area contributed by atoms with Gasteiger partial charge in [-0.25, -0.2) is 0 Å². The highest BCUT2D eigenvalue weighted by Crippen LogP contribution is 2.27. The number of benzene rings is 1. The van der Waals surface area contributed by atoms with Gasteiger partial charge in [0, 0.05) is 25.1 Å². The van der Waals surface area contributed by atoms with E-state index in [0.29, 0.717) is 18.4 Å². The van der Waals surface area contributed by atoms with Gasteiger partial charge in [-0.2, -0.15) is 4.98 Å². The van der Waals surface area contributed by atoms with E-state index in [2.05, 4.69) is 24.0 Å². The minimum absolute atomic E-state index is 0.0372. The van der Waals surface area contributed by atoms with Crippen LogP contribution in [0.15, 0.2) is 40.9 Å². The predicted molar refractivity (Wildman–Crippen MR) is 97.0 cm³/mol. The van der Waals surface area contributed by atoms with Gasteiger partial charge >= 0.3 is 0 Å². The first-order valence-corrected chi connectivity index (χ1v) is 9.03. The number of carbonyl (C=O) groups excluding carboxylic acids is 1. The van der Waals surface area contributed by atoms with Gasteiger partial charge in [0.2, 0.25) is 11.8 Å². The highest BCUT2D eigenvalue weighted by Gasteiger charge is 2.28. The minimum Gasteiger partial charge on any atom is -0.339 e. The molecule has 2 heterocycles. The summed E-state index contributed by atoms with van der Waals surface area (Å²) in [6.45, 7) is 5.63. The molecule has 2 atom stereocenters. The van der Waals surface area contributed by atoms with Crippen LogP contribution in [0.2, 0.25) is 0 Å². The van der Waals surface area contributed by atoms with Crippen molar-refractivity contribution in [2.24, 2.45) is 0 Å². The molecule has 25 heavy (non-hydrogen) atoms. The Labute approximate surface area is 148 Å². The smallest absolute Gasteiger partial charge is 0.246 e. The molecule has 1 amide bonds. The van der Waals surface area contributed by atoms with E-state index in [1.54, 1.807) is 6.08 Å². The molecule has 0 aliphatic carbocycles. The minimum atomic E-state index is 0.0372. The maximum absolute atomic E-state index is 12.5. The fourth-order valence-corrected chi connectivity index (χ4v) is 3.01. The topological polar surface area (TPSA) is 59.2 Å². The third kappa shape index (κ3) is 4.35. The number of hydrogen-bond donors (Lipinski definition) is 0. The van der Waals surface area contributed by atoms with Gasteiger partial charge in [0.15, 0.2) is 5.82 Å². The molecule has 0 bridgehead atoms. The van der Waals surface area contributed by atoms with Gasteiger partial charge in [-0.15, -0.1) is 0 Å². The van der Waals surface area contributed by atoms with Crippen LogP contribution in [0.25, 0.3) is 6.08 Å². The molecule has 0 radical (unpaired) electrons. The maximum Gasteiger partial charge on any atom is 0.246 e. The summed E-state index contributed by atoms with van der Waals surface area (Å²) in [6.07, 6.45) is 6.43. The number of aromatic nitrogens is 2. The summed E-state index contributed by atoms with van der Waals surface area (Å²) in [4.78, 5) is 18.9. The molecule has 3 rings (SSSR count). The summed E-state index contributed by atoms with van der Waals surface area (Å²) in [7, 11) is 0. The average Bonchev–Trinajstić information content (AvgIpc) is 3.16. The van der Waals surface area contributed by atoms with E-state index in [1.165, 1.54) is 0 Å². The third-order valence-corrected chi connectivity index (χ3v) is 4.81. The molecule has 0 unspecified atom stereocenters. The second-order valence-corrected chi connectivity index (χ2v) is 6.67. The molecule has 2 aromatic rings. The second kappa shape index (κ2) is 8.10. The van der Waals surface area contributed by atoms with Crippen LogP contribution in [0.1, 0.15) is 62.2 Å². The highest BCUT2D eigenvalue weighted by molar-refractivity contribution is 5.91. The maximum atomic E-state index is 12.5. The number of carbonyl (C=O) groups is 1. The van der Waals surface area contributed by atoms with Crippen LogP contribution in [0.3, 0.4) is 0 Å². The summed E-state index contributed by atoms with van der Waals surface area (Å²) in [5, 5.41) is 4.10. The molecule has 0 spiro atoms. The van der Waals surface area contributed by atoms with Crippen molar-refractivity contribution in [1.82, 2.24) is 15.0 Å². The first-order chi connectivity index (χ1) is 12.2. The number of amides is 1. The lowest BCUT2D eigenvalue weighted by Gasteiger charge is -2.30. The molecule has 5 nitrogen and oxygen atoms in total. The zero-order valence-electron chi connectivity index (χ0n) is 14.9.